The fourth-order valence-corrected chi connectivity index (χ4v) is 3.90. The number of rotatable bonds is 7. The van der Waals surface area contributed by atoms with Gasteiger partial charge in [-0.1, -0.05) is 13.8 Å². The summed E-state index contributed by atoms with van der Waals surface area (Å²) in [5, 5.41) is 8.05. The van der Waals surface area contributed by atoms with E-state index in [2.05, 4.69) is 49.3 Å². The smallest absolute Gasteiger partial charge is 0.0538 e. The number of hydrogen-bond acceptors (Lipinski definition) is 3. The quantitative estimate of drug-likeness (QED) is 0.832. The van der Waals surface area contributed by atoms with Crippen LogP contribution in [0, 0.1) is 0 Å². The molecule has 4 heteroatoms. The van der Waals surface area contributed by atoms with E-state index in [1.807, 2.05) is 10.9 Å². The molecule has 1 unspecified atom stereocenters. The van der Waals surface area contributed by atoms with E-state index in [0.717, 1.165) is 6.54 Å². The average Bonchev–Trinajstić information content (AvgIpc) is 3.16. The molecule has 1 aromatic heterocycles. The van der Waals surface area contributed by atoms with Gasteiger partial charge in [0.05, 0.1) is 12.2 Å². The van der Waals surface area contributed by atoms with E-state index in [-0.39, 0.29) is 5.54 Å². The van der Waals surface area contributed by atoms with Gasteiger partial charge in [0.15, 0.2) is 0 Å². The number of likely N-dealkylation sites (N-methyl/N-ethyl adjacent to an activating group) is 1. The molecule has 1 N–H and O–H groups in total. The largest absolute Gasteiger partial charge is 0.311 e. The fourth-order valence-electron chi connectivity index (χ4n) is 3.90. The lowest BCUT2D eigenvalue weighted by atomic mass is 9.80. The first kappa shape index (κ1) is 15.5. The summed E-state index contributed by atoms with van der Waals surface area (Å²) >= 11 is 0. The summed E-state index contributed by atoms with van der Waals surface area (Å²) < 4.78 is 2.03. The van der Waals surface area contributed by atoms with Gasteiger partial charge in [-0.05, 0) is 52.7 Å². The molecule has 0 aromatic carbocycles. The van der Waals surface area contributed by atoms with Crippen molar-refractivity contribution < 1.29 is 0 Å². The van der Waals surface area contributed by atoms with E-state index in [9.17, 15) is 0 Å². The van der Waals surface area contributed by atoms with Crippen molar-refractivity contribution in [3.8, 4) is 0 Å². The highest BCUT2D eigenvalue weighted by Crippen LogP contribution is 2.39. The second kappa shape index (κ2) is 6.72. The minimum atomic E-state index is 0.215. The number of aromatic nitrogens is 2. The molecule has 20 heavy (non-hydrogen) atoms. The van der Waals surface area contributed by atoms with Crippen molar-refractivity contribution in [1.29, 1.82) is 0 Å². The molecular formula is C16H30N4. The van der Waals surface area contributed by atoms with Crippen LogP contribution in [-0.4, -0.2) is 40.4 Å². The number of aryl methyl sites for hydroxylation is 1. The zero-order valence-electron chi connectivity index (χ0n) is 13.5. The van der Waals surface area contributed by atoms with Crippen molar-refractivity contribution in [2.45, 2.75) is 64.6 Å². The van der Waals surface area contributed by atoms with Gasteiger partial charge in [-0.2, -0.15) is 5.10 Å². The molecule has 1 aliphatic rings. The first-order valence-corrected chi connectivity index (χ1v) is 8.16. The Bertz CT molecular complexity index is 402. The van der Waals surface area contributed by atoms with Crippen LogP contribution in [0.2, 0.25) is 0 Å². The van der Waals surface area contributed by atoms with Crippen LogP contribution in [0.5, 0.6) is 0 Å². The van der Waals surface area contributed by atoms with Crippen molar-refractivity contribution in [2.24, 2.45) is 0 Å². The summed E-state index contributed by atoms with van der Waals surface area (Å²) in [6.07, 6.45) is 9.27. The first-order valence-electron chi connectivity index (χ1n) is 8.16. The van der Waals surface area contributed by atoms with Gasteiger partial charge in [-0.25, -0.2) is 0 Å². The second-order valence-electron chi connectivity index (χ2n) is 5.86. The van der Waals surface area contributed by atoms with Crippen molar-refractivity contribution in [3.05, 3.63) is 18.0 Å². The van der Waals surface area contributed by atoms with Crippen molar-refractivity contribution in [2.75, 3.05) is 20.1 Å². The van der Waals surface area contributed by atoms with Gasteiger partial charge >= 0.3 is 0 Å². The Morgan fingerprint density at radius 1 is 1.25 bits per heavy atom. The molecule has 1 fully saturated rings. The molecule has 2 heterocycles. The summed E-state index contributed by atoms with van der Waals surface area (Å²) in [5.74, 6) is 0. The predicted octanol–water partition coefficient (Wildman–Crippen LogP) is 2.82. The summed E-state index contributed by atoms with van der Waals surface area (Å²) in [5.41, 5.74) is 1.54. The third-order valence-corrected chi connectivity index (χ3v) is 5.10. The molecule has 1 atom stereocenters. The lowest BCUT2D eigenvalue weighted by Crippen LogP contribution is -2.54. The molecule has 114 valence electrons. The number of likely N-dealkylation sites (tertiary alicyclic amines) is 1. The Hall–Kier alpha value is -0.870. The van der Waals surface area contributed by atoms with Crippen molar-refractivity contribution >= 4 is 0 Å². The van der Waals surface area contributed by atoms with Crippen LogP contribution in [0.4, 0.5) is 0 Å². The lowest BCUT2D eigenvalue weighted by Gasteiger charge is -2.46. The van der Waals surface area contributed by atoms with E-state index in [4.69, 9.17) is 0 Å². The zero-order chi connectivity index (χ0) is 14.6. The molecule has 4 nitrogen and oxygen atoms in total. The van der Waals surface area contributed by atoms with Crippen LogP contribution in [0.15, 0.2) is 12.4 Å². The molecule has 2 rings (SSSR count). The van der Waals surface area contributed by atoms with Gasteiger partial charge < -0.3 is 5.32 Å². The third kappa shape index (κ3) is 2.63. The molecule has 0 amide bonds. The molecule has 0 aliphatic carbocycles. The van der Waals surface area contributed by atoms with Crippen LogP contribution in [0.25, 0.3) is 0 Å². The highest BCUT2D eigenvalue weighted by atomic mass is 15.3. The molecule has 0 spiro atoms. The summed E-state index contributed by atoms with van der Waals surface area (Å²) in [6.45, 7) is 10.2. The molecule has 0 bridgehead atoms. The second-order valence-corrected chi connectivity index (χ2v) is 5.86. The standard InChI is InChI=1S/C16H30N4/c1-5-16(6-2,19-10-8-9-11-19)15(17-4)14-12-18-20(7-3)13-14/h12-13,15,17H,5-11H2,1-4H3. The van der Waals surface area contributed by atoms with Crippen LogP contribution >= 0.6 is 0 Å². The van der Waals surface area contributed by atoms with Gasteiger partial charge in [0.2, 0.25) is 0 Å². The van der Waals surface area contributed by atoms with E-state index in [1.165, 1.54) is 44.3 Å². The number of nitrogens with one attached hydrogen (secondary N) is 1. The Kier molecular flexibility index (Phi) is 5.22. The molecule has 0 radical (unpaired) electrons. The van der Waals surface area contributed by atoms with Gasteiger partial charge in [-0.15, -0.1) is 0 Å². The predicted molar refractivity (Wildman–Crippen MR) is 83.8 cm³/mol. The Labute approximate surface area is 123 Å². The molecule has 1 saturated heterocycles. The normalized spacial score (nSPS) is 18.6. The summed E-state index contributed by atoms with van der Waals surface area (Å²) in [6, 6.07) is 0.357. The average molecular weight is 278 g/mol. The van der Waals surface area contributed by atoms with E-state index < -0.39 is 0 Å². The molecule has 0 saturated carbocycles. The van der Waals surface area contributed by atoms with Gasteiger partial charge in [0.1, 0.15) is 0 Å². The summed E-state index contributed by atoms with van der Waals surface area (Å²) in [7, 11) is 2.09. The first-order chi connectivity index (χ1) is 9.71. The van der Waals surface area contributed by atoms with Crippen LogP contribution in [0.3, 0.4) is 0 Å². The number of hydrogen-bond donors (Lipinski definition) is 1. The minimum Gasteiger partial charge on any atom is -0.311 e. The maximum Gasteiger partial charge on any atom is 0.0538 e. The Morgan fingerprint density at radius 2 is 1.90 bits per heavy atom. The highest BCUT2D eigenvalue weighted by molar-refractivity contribution is 5.18. The number of nitrogens with zero attached hydrogens (tertiary/aromatic N) is 3. The van der Waals surface area contributed by atoms with Crippen LogP contribution in [-0.2, 0) is 6.54 Å². The van der Waals surface area contributed by atoms with E-state index in [0.29, 0.717) is 6.04 Å². The third-order valence-electron chi connectivity index (χ3n) is 5.10. The van der Waals surface area contributed by atoms with Crippen LogP contribution in [0.1, 0.15) is 58.1 Å². The van der Waals surface area contributed by atoms with Crippen molar-refractivity contribution in [1.82, 2.24) is 20.0 Å². The summed E-state index contributed by atoms with van der Waals surface area (Å²) in [4.78, 5) is 2.71. The molecule has 1 aliphatic heterocycles. The van der Waals surface area contributed by atoms with E-state index >= 15 is 0 Å². The maximum atomic E-state index is 4.47. The Balaban J connectivity index is 2.33. The zero-order valence-corrected chi connectivity index (χ0v) is 13.5. The fraction of sp³-hybridized carbons (Fsp3) is 0.812. The Morgan fingerprint density at radius 3 is 2.35 bits per heavy atom. The van der Waals surface area contributed by atoms with Crippen molar-refractivity contribution in [3.63, 3.8) is 0 Å². The molecular weight excluding hydrogens is 248 g/mol. The maximum absolute atomic E-state index is 4.47. The van der Waals surface area contributed by atoms with E-state index in [1.54, 1.807) is 0 Å². The van der Waals surface area contributed by atoms with Gasteiger partial charge in [-0.3, -0.25) is 9.58 Å². The lowest BCUT2D eigenvalue weighted by molar-refractivity contribution is 0.0647. The monoisotopic (exact) mass is 278 g/mol. The minimum absolute atomic E-state index is 0.215. The SMILES string of the molecule is CCn1cc(C(NC)C(CC)(CC)N2CCCC2)cn1. The van der Waals surface area contributed by atoms with Gasteiger partial charge in [0, 0.05) is 23.8 Å². The van der Waals surface area contributed by atoms with Gasteiger partial charge in [0.25, 0.3) is 0 Å². The topological polar surface area (TPSA) is 33.1 Å². The van der Waals surface area contributed by atoms with Crippen LogP contribution < -0.4 is 5.32 Å². The highest BCUT2D eigenvalue weighted by Gasteiger charge is 2.42. The molecule has 1 aromatic rings.